The molecule has 3 rings (SSSR count). The maximum absolute atomic E-state index is 14.7. The van der Waals surface area contributed by atoms with Crippen LogP contribution in [0.2, 0.25) is 0 Å². The summed E-state index contributed by atoms with van der Waals surface area (Å²) in [5, 5.41) is 0. The third kappa shape index (κ3) is 6.08. The first-order valence-corrected chi connectivity index (χ1v) is 9.71. The molecule has 1 aliphatic rings. The van der Waals surface area contributed by atoms with Gasteiger partial charge in [0.25, 0.3) is 5.91 Å². The van der Waals surface area contributed by atoms with Crippen molar-refractivity contribution in [3.63, 3.8) is 0 Å². The van der Waals surface area contributed by atoms with Gasteiger partial charge in [-0.05, 0) is 30.7 Å². The number of nitrogens with zero attached hydrogens (tertiary/aromatic N) is 2. The minimum Gasteiger partial charge on any atom is -0.485 e. The molecule has 1 aromatic heterocycles. The predicted octanol–water partition coefficient (Wildman–Crippen LogP) is 2.95. The third-order valence-corrected chi connectivity index (χ3v) is 4.89. The molecule has 172 valence electrons. The quantitative estimate of drug-likeness (QED) is 0.676. The molecule has 7 nitrogen and oxygen atoms in total. The highest BCUT2D eigenvalue weighted by Gasteiger charge is 2.34. The summed E-state index contributed by atoms with van der Waals surface area (Å²) >= 11 is 0. The van der Waals surface area contributed by atoms with Gasteiger partial charge in [0, 0.05) is 18.7 Å². The predicted molar refractivity (Wildman–Crippen MR) is 105 cm³/mol. The van der Waals surface area contributed by atoms with Crippen molar-refractivity contribution in [3.05, 3.63) is 53.3 Å². The van der Waals surface area contributed by atoms with Gasteiger partial charge >= 0.3 is 6.36 Å². The fourth-order valence-corrected chi connectivity index (χ4v) is 3.33. The molecule has 2 heterocycles. The van der Waals surface area contributed by atoms with Gasteiger partial charge in [-0.3, -0.25) is 14.6 Å². The molecule has 0 aliphatic carbocycles. The number of carbonyl (C=O) groups is 2. The summed E-state index contributed by atoms with van der Waals surface area (Å²) in [6.45, 7) is 1.67. The molecule has 2 amide bonds. The second-order valence-electron chi connectivity index (χ2n) is 7.36. The van der Waals surface area contributed by atoms with Crippen LogP contribution in [0, 0.1) is 6.92 Å². The van der Waals surface area contributed by atoms with E-state index in [2.05, 4.69) is 9.72 Å². The molecule has 2 atom stereocenters. The number of ether oxygens (including phenoxy) is 2. The first-order chi connectivity index (χ1) is 15.0. The van der Waals surface area contributed by atoms with Crippen molar-refractivity contribution in [2.75, 3.05) is 13.1 Å². The van der Waals surface area contributed by atoms with E-state index in [4.69, 9.17) is 10.5 Å². The third-order valence-electron chi connectivity index (χ3n) is 4.89. The zero-order valence-corrected chi connectivity index (χ0v) is 17.1. The number of alkyl halides is 4. The van der Waals surface area contributed by atoms with Gasteiger partial charge in [0.2, 0.25) is 5.91 Å². The maximum atomic E-state index is 14.7. The summed E-state index contributed by atoms with van der Waals surface area (Å²) in [7, 11) is 0. The topological polar surface area (TPSA) is 94.8 Å². The van der Waals surface area contributed by atoms with Gasteiger partial charge in [-0.15, -0.1) is 13.2 Å². The molecule has 32 heavy (non-hydrogen) atoms. The van der Waals surface area contributed by atoms with E-state index in [9.17, 15) is 27.2 Å². The van der Waals surface area contributed by atoms with Crippen LogP contribution in [0.5, 0.6) is 11.5 Å². The number of nitrogens with two attached hydrogens (primary N) is 1. The Bertz CT molecular complexity index is 982. The van der Waals surface area contributed by atoms with E-state index in [1.165, 1.54) is 29.3 Å². The Morgan fingerprint density at radius 2 is 1.94 bits per heavy atom. The molecule has 11 heteroatoms. The number of benzene rings is 1. The average molecular weight is 455 g/mol. The summed E-state index contributed by atoms with van der Waals surface area (Å²) in [6.07, 6.45) is -5.81. The summed E-state index contributed by atoms with van der Waals surface area (Å²) < 4.78 is 60.8. The first-order valence-electron chi connectivity index (χ1n) is 9.71. The van der Waals surface area contributed by atoms with E-state index in [1.807, 2.05) is 0 Å². The van der Waals surface area contributed by atoms with E-state index >= 15 is 0 Å². The normalized spacial score (nSPS) is 18.8. The van der Waals surface area contributed by atoms with Crippen LogP contribution < -0.4 is 15.2 Å². The lowest BCUT2D eigenvalue weighted by atomic mass is 10.0. The lowest BCUT2D eigenvalue weighted by Gasteiger charge is -2.35. The van der Waals surface area contributed by atoms with Crippen molar-refractivity contribution in [1.29, 1.82) is 0 Å². The van der Waals surface area contributed by atoms with Crippen molar-refractivity contribution in [1.82, 2.24) is 9.88 Å². The van der Waals surface area contributed by atoms with Crippen LogP contribution in [-0.2, 0) is 11.2 Å². The minimum absolute atomic E-state index is 0.0803. The summed E-state index contributed by atoms with van der Waals surface area (Å²) in [4.78, 5) is 29.5. The Balaban J connectivity index is 1.57. The smallest absolute Gasteiger partial charge is 0.485 e. The minimum atomic E-state index is -4.80. The highest BCUT2D eigenvalue weighted by Crippen LogP contribution is 2.26. The lowest BCUT2D eigenvalue weighted by Crippen LogP contribution is -2.49. The van der Waals surface area contributed by atoms with Crippen LogP contribution in [0.1, 0.15) is 28.0 Å². The van der Waals surface area contributed by atoms with Crippen LogP contribution in [0.3, 0.4) is 0 Å². The Labute approximate surface area is 181 Å². The average Bonchev–Trinajstić information content (AvgIpc) is 2.70. The highest BCUT2D eigenvalue weighted by molar-refractivity contribution is 5.95. The van der Waals surface area contributed by atoms with Crippen LogP contribution in [0.25, 0.3) is 0 Å². The second kappa shape index (κ2) is 9.41. The van der Waals surface area contributed by atoms with Crippen molar-refractivity contribution in [3.8, 4) is 11.5 Å². The van der Waals surface area contributed by atoms with E-state index in [0.29, 0.717) is 11.3 Å². The number of piperidine rings is 1. The fraction of sp³-hybridized carbons (Fsp3) is 0.381. The Hall–Kier alpha value is -3.37. The second-order valence-corrected chi connectivity index (χ2v) is 7.36. The van der Waals surface area contributed by atoms with Crippen molar-refractivity contribution >= 4 is 11.8 Å². The number of primary amides is 1. The molecule has 1 fully saturated rings. The monoisotopic (exact) mass is 455 g/mol. The number of halogens is 4. The number of rotatable bonds is 6. The Morgan fingerprint density at radius 1 is 1.25 bits per heavy atom. The van der Waals surface area contributed by atoms with Gasteiger partial charge in [-0.2, -0.15) is 0 Å². The maximum Gasteiger partial charge on any atom is 0.573 e. The molecule has 2 aromatic rings. The number of likely N-dealkylation sites (tertiary alicyclic amines) is 1. The van der Waals surface area contributed by atoms with E-state index in [-0.39, 0.29) is 43.2 Å². The first kappa shape index (κ1) is 23.3. The standard InChI is InChI=1S/C21H21F4N3O4/c1-12-8-15(20(26)30)18(10-27-12)31-17-6-7-28(11-16(17)22)19(29)9-13-2-4-14(5-3-13)32-21(23,24)25/h2-5,8,10,16-17H,6-7,9,11H2,1H3,(H2,26,30). The van der Waals surface area contributed by atoms with Crippen LogP contribution >= 0.6 is 0 Å². The number of carbonyl (C=O) groups excluding carboxylic acids is 2. The molecule has 0 radical (unpaired) electrons. The summed E-state index contributed by atoms with van der Waals surface area (Å²) in [5.41, 5.74) is 6.46. The zero-order chi connectivity index (χ0) is 23.5. The molecule has 0 bridgehead atoms. The summed E-state index contributed by atoms with van der Waals surface area (Å²) in [5.74, 6) is -1.40. The Morgan fingerprint density at radius 3 is 2.53 bits per heavy atom. The van der Waals surface area contributed by atoms with Crippen molar-refractivity contribution in [2.45, 2.75) is 38.4 Å². The molecule has 0 saturated carbocycles. The van der Waals surface area contributed by atoms with Gasteiger partial charge in [0.1, 0.15) is 11.9 Å². The number of amides is 2. The van der Waals surface area contributed by atoms with E-state index < -0.39 is 30.3 Å². The number of hydrogen-bond donors (Lipinski definition) is 1. The van der Waals surface area contributed by atoms with Gasteiger partial charge < -0.3 is 20.1 Å². The van der Waals surface area contributed by atoms with Crippen LogP contribution in [-0.4, -0.2) is 53.4 Å². The SMILES string of the molecule is Cc1cc(C(N)=O)c(OC2CCN(C(=O)Cc3ccc(OC(F)(F)F)cc3)CC2F)cn1. The Kier molecular flexibility index (Phi) is 6.85. The molecule has 1 saturated heterocycles. The van der Waals surface area contributed by atoms with Gasteiger partial charge in [-0.25, -0.2) is 4.39 Å². The highest BCUT2D eigenvalue weighted by atomic mass is 19.4. The largest absolute Gasteiger partial charge is 0.573 e. The number of aromatic nitrogens is 1. The van der Waals surface area contributed by atoms with Gasteiger partial charge in [0.05, 0.1) is 24.7 Å². The van der Waals surface area contributed by atoms with Crippen LogP contribution in [0.4, 0.5) is 17.6 Å². The van der Waals surface area contributed by atoms with Gasteiger partial charge in [-0.1, -0.05) is 12.1 Å². The molecular formula is C21H21F4N3O4. The zero-order valence-electron chi connectivity index (χ0n) is 17.1. The molecule has 2 N–H and O–H groups in total. The number of hydrogen-bond acceptors (Lipinski definition) is 5. The van der Waals surface area contributed by atoms with Crippen molar-refractivity contribution < 1.29 is 36.6 Å². The lowest BCUT2D eigenvalue weighted by molar-refractivity contribution is -0.274. The summed E-state index contributed by atoms with van der Waals surface area (Å²) in [6, 6.07) is 6.36. The van der Waals surface area contributed by atoms with Crippen LogP contribution in [0.15, 0.2) is 36.5 Å². The number of aryl methyl sites for hydroxylation is 1. The molecule has 2 unspecified atom stereocenters. The molecule has 1 aromatic carbocycles. The molecule has 0 spiro atoms. The fourth-order valence-electron chi connectivity index (χ4n) is 3.33. The number of pyridine rings is 1. The molecule has 1 aliphatic heterocycles. The van der Waals surface area contributed by atoms with E-state index in [0.717, 1.165) is 12.1 Å². The van der Waals surface area contributed by atoms with Crippen molar-refractivity contribution in [2.24, 2.45) is 5.73 Å². The van der Waals surface area contributed by atoms with E-state index in [1.54, 1.807) is 6.92 Å². The molecular weight excluding hydrogens is 434 g/mol. The van der Waals surface area contributed by atoms with Gasteiger partial charge in [0.15, 0.2) is 11.9 Å².